The van der Waals surface area contributed by atoms with Gasteiger partial charge in [-0.15, -0.1) is 0 Å². The van der Waals surface area contributed by atoms with Gasteiger partial charge in [-0.2, -0.15) is 0 Å². The zero-order chi connectivity index (χ0) is 25.9. The molecule has 10 nitrogen and oxygen atoms in total. The van der Waals surface area contributed by atoms with Crippen LogP contribution in [0.3, 0.4) is 0 Å². The Balaban J connectivity index is 1.93. The van der Waals surface area contributed by atoms with Gasteiger partial charge in [0.05, 0.1) is 17.5 Å². The van der Waals surface area contributed by atoms with Gasteiger partial charge in [-0.3, -0.25) is 28.8 Å². The summed E-state index contributed by atoms with van der Waals surface area (Å²) in [6, 6.07) is 1.69. The van der Waals surface area contributed by atoms with Crippen molar-refractivity contribution in [3.05, 3.63) is 38.2 Å². The van der Waals surface area contributed by atoms with Gasteiger partial charge < -0.3 is 9.80 Å². The van der Waals surface area contributed by atoms with E-state index in [1.807, 2.05) is 41.5 Å². The molecular formula is C25H38N6O4. The van der Waals surface area contributed by atoms with Crippen molar-refractivity contribution in [1.82, 2.24) is 29.2 Å². The van der Waals surface area contributed by atoms with Crippen LogP contribution in [-0.4, -0.2) is 86.9 Å². The Morgan fingerprint density at radius 3 is 2.23 bits per heavy atom. The highest BCUT2D eigenvalue weighted by molar-refractivity contribution is 6.05. The van der Waals surface area contributed by atoms with Crippen molar-refractivity contribution in [2.24, 2.45) is 5.92 Å². The summed E-state index contributed by atoms with van der Waals surface area (Å²) in [5, 5.41) is 0.152. The van der Waals surface area contributed by atoms with Gasteiger partial charge in [0.2, 0.25) is 5.91 Å². The average molecular weight is 487 g/mol. The van der Waals surface area contributed by atoms with Crippen molar-refractivity contribution in [3.63, 3.8) is 0 Å². The molecule has 1 aliphatic rings. The molecule has 0 aromatic carbocycles. The lowest BCUT2D eigenvalue weighted by atomic mass is 10.0. The standard InChI is InChI=1S/C25H38N6O4/c1-7-29(8-2)20(32)15-28-9-11-30(12-10-28)24(34)18-13-19(17(5)6)26-22-21(18)23(33)27-25(35)31(22)14-16(3)4/h13,16-17H,7-12,14-15H2,1-6H3,(H,27,33,35). The van der Waals surface area contributed by atoms with Crippen LogP contribution in [0, 0.1) is 5.92 Å². The van der Waals surface area contributed by atoms with Gasteiger partial charge in [0.1, 0.15) is 0 Å². The summed E-state index contributed by atoms with van der Waals surface area (Å²) in [6.45, 7) is 15.9. The molecule has 3 rings (SSSR count). The fourth-order valence-corrected chi connectivity index (χ4v) is 4.44. The molecule has 2 amide bonds. The van der Waals surface area contributed by atoms with E-state index >= 15 is 0 Å². The Hall–Kier alpha value is -3.01. The Labute approximate surface area is 205 Å². The zero-order valence-corrected chi connectivity index (χ0v) is 21.8. The molecule has 3 heterocycles. The monoisotopic (exact) mass is 486 g/mol. The molecule has 1 saturated heterocycles. The molecule has 1 N–H and O–H groups in total. The molecule has 0 unspecified atom stereocenters. The number of carbonyl (C=O) groups excluding carboxylic acids is 2. The van der Waals surface area contributed by atoms with Crippen molar-refractivity contribution in [1.29, 1.82) is 0 Å². The van der Waals surface area contributed by atoms with Crippen molar-refractivity contribution < 1.29 is 9.59 Å². The lowest BCUT2D eigenvalue weighted by Crippen LogP contribution is -2.51. The topological polar surface area (TPSA) is 112 Å². The number of likely N-dealkylation sites (N-methyl/N-ethyl adjacent to an activating group) is 1. The Morgan fingerprint density at radius 2 is 1.69 bits per heavy atom. The van der Waals surface area contributed by atoms with Crippen LogP contribution in [0.2, 0.25) is 0 Å². The highest BCUT2D eigenvalue weighted by Crippen LogP contribution is 2.22. The van der Waals surface area contributed by atoms with E-state index in [2.05, 4.69) is 14.9 Å². The highest BCUT2D eigenvalue weighted by atomic mass is 16.2. The quantitative estimate of drug-likeness (QED) is 0.605. The minimum absolute atomic E-state index is 0.00998. The third kappa shape index (κ3) is 5.80. The van der Waals surface area contributed by atoms with Crippen LogP contribution < -0.4 is 11.2 Å². The van der Waals surface area contributed by atoms with Gasteiger partial charge in [-0.05, 0) is 31.7 Å². The molecular weight excluding hydrogens is 448 g/mol. The normalized spacial score (nSPS) is 14.8. The molecule has 192 valence electrons. The van der Waals surface area contributed by atoms with E-state index in [0.29, 0.717) is 58.1 Å². The van der Waals surface area contributed by atoms with Gasteiger partial charge in [0, 0.05) is 51.5 Å². The fourth-order valence-electron chi connectivity index (χ4n) is 4.44. The van der Waals surface area contributed by atoms with Crippen LogP contribution >= 0.6 is 0 Å². The molecule has 2 aromatic rings. The summed E-state index contributed by atoms with van der Waals surface area (Å²) in [5.74, 6) is -0.00577. The maximum Gasteiger partial charge on any atom is 0.330 e. The first-order valence-electron chi connectivity index (χ1n) is 12.5. The lowest BCUT2D eigenvalue weighted by molar-refractivity contribution is -0.132. The number of aromatic amines is 1. The minimum atomic E-state index is -0.598. The molecule has 1 fully saturated rings. The van der Waals surface area contributed by atoms with E-state index in [0.717, 1.165) is 0 Å². The number of aromatic nitrogens is 3. The number of H-pyrrole nitrogens is 1. The van der Waals surface area contributed by atoms with Gasteiger partial charge >= 0.3 is 5.69 Å². The van der Waals surface area contributed by atoms with Crippen LogP contribution in [0.25, 0.3) is 11.0 Å². The third-order valence-corrected chi connectivity index (χ3v) is 6.47. The zero-order valence-electron chi connectivity index (χ0n) is 21.8. The van der Waals surface area contributed by atoms with Crippen LogP contribution in [0.4, 0.5) is 0 Å². The third-order valence-electron chi connectivity index (χ3n) is 6.47. The SMILES string of the molecule is CCN(CC)C(=O)CN1CCN(C(=O)c2cc(C(C)C)nc3c2c(=O)[nH]c(=O)n3CC(C)C)CC1. The second-order valence-corrected chi connectivity index (χ2v) is 9.85. The number of hydrogen-bond acceptors (Lipinski definition) is 6. The number of amides is 2. The van der Waals surface area contributed by atoms with Gasteiger partial charge in [0.25, 0.3) is 11.5 Å². The number of fused-ring (bicyclic) bond motifs is 1. The minimum Gasteiger partial charge on any atom is -0.342 e. The summed E-state index contributed by atoms with van der Waals surface area (Å²) in [7, 11) is 0. The molecule has 1 aliphatic heterocycles. The largest absolute Gasteiger partial charge is 0.342 e. The molecule has 0 atom stereocenters. The van der Waals surface area contributed by atoms with Crippen LogP contribution in [0.5, 0.6) is 0 Å². The number of nitrogens with zero attached hydrogens (tertiary/aromatic N) is 5. The van der Waals surface area contributed by atoms with E-state index in [9.17, 15) is 19.2 Å². The Bertz CT molecular complexity index is 1190. The number of nitrogens with one attached hydrogen (secondary N) is 1. The summed E-state index contributed by atoms with van der Waals surface area (Å²) in [5.41, 5.74) is 0.0662. The van der Waals surface area contributed by atoms with E-state index in [-0.39, 0.29) is 40.2 Å². The molecule has 0 radical (unpaired) electrons. The second kappa shape index (κ2) is 11.2. The van der Waals surface area contributed by atoms with Gasteiger partial charge in [0.15, 0.2) is 5.65 Å². The highest BCUT2D eigenvalue weighted by Gasteiger charge is 2.28. The fraction of sp³-hybridized carbons (Fsp3) is 0.640. The molecule has 0 bridgehead atoms. The van der Waals surface area contributed by atoms with Gasteiger partial charge in [-0.1, -0.05) is 27.7 Å². The predicted octanol–water partition coefficient (Wildman–Crippen LogP) is 1.49. The molecule has 0 saturated carbocycles. The van der Waals surface area contributed by atoms with E-state index in [1.54, 1.807) is 15.9 Å². The van der Waals surface area contributed by atoms with Crippen molar-refractivity contribution in [2.45, 2.75) is 54.0 Å². The maximum absolute atomic E-state index is 13.7. The number of rotatable bonds is 8. The van der Waals surface area contributed by atoms with Crippen LogP contribution in [-0.2, 0) is 11.3 Å². The number of piperazine rings is 1. The first kappa shape index (κ1) is 26.6. The number of hydrogen-bond donors (Lipinski definition) is 1. The van der Waals surface area contributed by atoms with Crippen molar-refractivity contribution >= 4 is 22.8 Å². The summed E-state index contributed by atoms with van der Waals surface area (Å²) in [6.07, 6.45) is 0. The molecule has 2 aromatic heterocycles. The summed E-state index contributed by atoms with van der Waals surface area (Å²) < 4.78 is 1.46. The van der Waals surface area contributed by atoms with E-state index < -0.39 is 11.2 Å². The number of pyridine rings is 1. The Morgan fingerprint density at radius 1 is 1.06 bits per heavy atom. The molecule has 10 heteroatoms. The van der Waals surface area contributed by atoms with Crippen LogP contribution in [0.1, 0.15) is 63.5 Å². The van der Waals surface area contributed by atoms with E-state index in [4.69, 9.17) is 0 Å². The number of carbonyl (C=O) groups is 2. The van der Waals surface area contributed by atoms with Gasteiger partial charge in [-0.25, -0.2) is 9.78 Å². The molecule has 35 heavy (non-hydrogen) atoms. The predicted molar refractivity (Wildman–Crippen MR) is 136 cm³/mol. The smallest absolute Gasteiger partial charge is 0.330 e. The lowest BCUT2D eigenvalue weighted by Gasteiger charge is -2.35. The Kier molecular flexibility index (Phi) is 8.47. The maximum atomic E-state index is 13.7. The molecule has 0 spiro atoms. The van der Waals surface area contributed by atoms with Crippen LogP contribution in [0.15, 0.2) is 15.7 Å². The first-order chi connectivity index (χ1) is 16.6. The van der Waals surface area contributed by atoms with E-state index in [1.165, 1.54) is 4.57 Å². The summed E-state index contributed by atoms with van der Waals surface area (Å²) >= 11 is 0. The first-order valence-corrected chi connectivity index (χ1v) is 12.5. The van der Waals surface area contributed by atoms with Crippen molar-refractivity contribution in [3.8, 4) is 0 Å². The van der Waals surface area contributed by atoms with Crippen molar-refractivity contribution in [2.75, 3.05) is 45.8 Å². The second-order valence-electron chi connectivity index (χ2n) is 9.85. The average Bonchev–Trinajstić information content (AvgIpc) is 2.81. The molecule has 0 aliphatic carbocycles. The summed E-state index contributed by atoms with van der Waals surface area (Å²) in [4.78, 5) is 64.2.